The number of amides is 1. The molecule has 3 N–H and O–H groups in total. The number of carbonyl (C=O) groups is 1. The largest absolute Gasteiger partial charge is 0.465 e. The predicted molar refractivity (Wildman–Crippen MR) is 78.0 cm³/mol. The number of hydrogen-bond donors (Lipinski definition) is 2. The maximum atomic E-state index is 11.7. The van der Waals surface area contributed by atoms with E-state index in [-0.39, 0.29) is 6.04 Å². The van der Waals surface area contributed by atoms with Crippen molar-refractivity contribution in [3.8, 4) is 0 Å². The summed E-state index contributed by atoms with van der Waals surface area (Å²) in [5.41, 5.74) is 6.05. The first kappa shape index (κ1) is 15.1. The van der Waals surface area contributed by atoms with E-state index in [2.05, 4.69) is 14.9 Å². The summed E-state index contributed by atoms with van der Waals surface area (Å²) in [5.74, 6) is 0. The summed E-state index contributed by atoms with van der Waals surface area (Å²) >= 11 is 0. The minimum absolute atomic E-state index is 0.115. The topological polar surface area (TPSA) is 105 Å². The standard InChI is InChI=1S/C14H21N5O3/c15-14(11-3-4-16-10-17-11)12(18-6-8-22-9-7-18)2-1-5-19(14)13(20)21/h3-4,10,12H,1-2,5-9,15H2,(H,20,21). The molecule has 1 aromatic rings. The van der Waals surface area contributed by atoms with Crippen molar-refractivity contribution in [2.24, 2.45) is 5.73 Å². The highest BCUT2D eigenvalue weighted by atomic mass is 16.5. The number of piperidine rings is 1. The van der Waals surface area contributed by atoms with Gasteiger partial charge in [-0.1, -0.05) is 0 Å². The maximum Gasteiger partial charge on any atom is 0.409 e. The van der Waals surface area contributed by atoms with Gasteiger partial charge >= 0.3 is 6.09 Å². The Morgan fingerprint density at radius 3 is 2.82 bits per heavy atom. The quantitative estimate of drug-likeness (QED) is 0.796. The summed E-state index contributed by atoms with van der Waals surface area (Å²) in [5, 5.41) is 9.61. The number of nitrogens with two attached hydrogens (primary N) is 1. The van der Waals surface area contributed by atoms with Crippen molar-refractivity contribution in [3.05, 3.63) is 24.3 Å². The van der Waals surface area contributed by atoms with E-state index < -0.39 is 11.8 Å². The Morgan fingerprint density at radius 2 is 2.18 bits per heavy atom. The van der Waals surface area contributed by atoms with Crippen LogP contribution < -0.4 is 5.73 Å². The van der Waals surface area contributed by atoms with E-state index in [0.717, 1.165) is 25.9 Å². The second kappa shape index (κ2) is 6.15. The monoisotopic (exact) mass is 307 g/mol. The molecule has 2 fully saturated rings. The highest BCUT2D eigenvalue weighted by Crippen LogP contribution is 2.35. The van der Waals surface area contributed by atoms with Crippen molar-refractivity contribution in [1.82, 2.24) is 19.8 Å². The molecule has 0 radical (unpaired) electrons. The number of nitrogens with zero attached hydrogens (tertiary/aromatic N) is 4. The molecular weight excluding hydrogens is 286 g/mol. The number of morpholine rings is 1. The molecule has 0 bridgehead atoms. The van der Waals surface area contributed by atoms with Gasteiger partial charge in [-0.05, 0) is 18.9 Å². The molecule has 1 amide bonds. The second-order valence-electron chi connectivity index (χ2n) is 5.66. The molecule has 0 aromatic carbocycles. The van der Waals surface area contributed by atoms with E-state index in [1.54, 1.807) is 12.3 Å². The third-order valence-corrected chi connectivity index (χ3v) is 4.52. The second-order valence-corrected chi connectivity index (χ2v) is 5.66. The van der Waals surface area contributed by atoms with E-state index >= 15 is 0 Å². The van der Waals surface area contributed by atoms with Crippen molar-refractivity contribution < 1.29 is 14.6 Å². The SMILES string of the molecule is NC1(c2ccncn2)C(N2CCOCC2)CCCN1C(=O)O. The third-order valence-electron chi connectivity index (χ3n) is 4.52. The number of hydrogen-bond acceptors (Lipinski definition) is 6. The molecule has 3 rings (SSSR count). The first-order chi connectivity index (χ1) is 10.6. The van der Waals surface area contributed by atoms with Gasteiger partial charge < -0.3 is 15.6 Å². The Balaban J connectivity index is 2.00. The van der Waals surface area contributed by atoms with Crippen LogP contribution in [0.25, 0.3) is 0 Å². The van der Waals surface area contributed by atoms with E-state index in [1.807, 2.05) is 0 Å². The molecule has 8 heteroatoms. The zero-order chi connectivity index (χ0) is 15.6. The number of rotatable bonds is 2. The molecule has 0 spiro atoms. The van der Waals surface area contributed by atoms with Gasteiger partial charge in [-0.2, -0.15) is 0 Å². The molecule has 2 aliphatic heterocycles. The number of likely N-dealkylation sites (tertiary alicyclic amines) is 1. The molecule has 0 saturated carbocycles. The Morgan fingerprint density at radius 1 is 1.41 bits per heavy atom. The van der Waals surface area contributed by atoms with Crippen LogP contribution in [-0.4, -0.2) is 69.9 Å². The van der Waals surface area contributed by atoms with Gasteiger partial charge in [0.25, 0.3) is 0 Å². The fourth-order valence-electron chi connectivity index (χ4n) is 3.47. The summed E-state index contributed by atoms with van der Waals surface area (Å²) in [6, 6.07) is 1.59. The molecule has 3 heterocycles. The van der Waals surface area contributed by atoms with Gasteiger partial charge in [-0.25, -0.2) is 14.8 Å². The van der Waals surface area contributed by atoms with Crippen molar-refractivity contribution in [2.75, 3.05) is 32.8 Å². The van der Waals surface area contributed by atoms with Crippen LogP contribution >= 0.6 is 0 Å². The lowest BCUT2D eigenvalue weighted by Gasteiger charge is -2.52. The van der Waals surface area contributed by atoms with Gasteiger partial charge in [0.15, 0.2) is 5.66 Å². The molecule has 2 aliphatic rings. The first-order valence-corrected chi connectivity index (χ1v) is 7.51. The van der Waals surface area contributed by atoms with Crippen LogP contribution in [0.2, 0.25) is 0 Å². The van der Waals surface area contributed by atoms with Gasteiger partial charge in [0.05, 0.1) is 24.9 Å². The fraction of sp³-hybridized carbons (Fsp3) is 0.643. The third kappa shape index (κ3) is 2.53. The highest BCUT2D eigenvalue weighted by molar-refractivity contribution is 5.67. The maximum absolute atomic E-state index is 11.7. The lowest BCUT2D eigenvalue weighted by atomic mass is 9.86. The minimum atomic E-state index is -1.16. The van der Waals surface area contributed by atoms with Crippen LogP contribution in [0.4, 0.5) is 4.79 Å². The van der Waals surface area contributed by atoms with E-state index in [9.17, 15) is 9.90 Å². The van der Waals surface area contributed by atoms with Crippen LogP contribution in [0, 0.1) is 0 Å². The molecule has 22 heavy (non-hydrogen) atoms. The zero-order valence-electron chi connectivity index (χ0n) is 12.4. The van der Waals surface area contributed by atoms with Crippen LogP contribution in [0.5, 0.6) is 0 Å². The fourth-order valence-corrected chi connectivity index (χ4v) is 3.47. The lowest BCUT2D eigenvalue weighted by molar-refractivity contribution is -0.0643. The minimum Gasteiger partial charge on any atom is -0.465 e. The van der Waals surface area contributed by atoms with Crippen LogP contribution in [-0.2, 0) is 10.4 Å². The van der Waals surface area contributed by atoms with Crippen LogP contribution in [0.3, 0.4) is 0 Å². The molecule has 1 aromatic heterocycles. The van der Waals surface area contributed by atoms with Crippen LogP contribution in [0.15, 0.2) is 18.6 Å². The molecule has 8 nitrogen and oxygen atoms in total. The normalized spacial score (nSPS) is 30.2. The van der Waals surface area contributed by atoms with Gasteiger partial charge in [0.1, 0.15) is 6.33 Å². The summed E-state index contributed by atoms with van der Waals surface area (Å²) in [7, 11) is 0. The number of carboxylic acid groups (broad SMARTS) is 1. The number of aromatic nitrogens is 2. The molecule has 120 valence electrons. The highest BCUT2D eigenvalue weighted by Gasteiger charge is 2.50. The summed E-state index contributed by atoms with van der Waals surface area (Å²) in [4.78, 5) is 23.4. The molecule has 0 aliphatic carbocycles. The Bertz CT molecular complexity index is 522. The summed E-state index contributed by atoms with van der Waals surface area (Å²) < 4.78 is 5.40. The molecule has 2 saturated heterocycles. The smallest absolute Gasteiger partial charge is 0.409 e. The predicted octanol–water partition coefficient (Wildman–Crippen LogP) is 0.0627. The number of ether oxygens (including phenoxy) is 1. The Hall–Kier alpha value is -1.77. The van der Waals surface area contributed by atoms with Crippen molar-refractivity contribution in [1.29, 1.82) is 0 Å². The molecule has 2 atom stereocenters. The summed E-state index contributed by atoms with van der Waals surface area (Å²) in [6.45, 7) is 3.20. The van der Waals surface area contributed by atoms with E-state index in [0.29, 0.717) is 25.5 Å². The molecular formula is C14H21N5O3. The van der Waals surface area contributed by atoms with Crippen LogP contribution in [0.1, 0.15) is 18.5 Å². The van der Waals surface area contributed by atoms with Gasteiger partial charge in [-0.15, -0.1) is 0 Å². The van der Waals surface area contributed by atoms with Gasteiger partial charge in [0.2, 0.25) is 0 Å². The molecule has 2 unspecified atom stereocenters. The van der Waals surface area contributed by atoms with Crippen molar-refractivity contribution in [2.45, 2.75) is 24.5 Å². The zero-order valence-corrected chi connectivity index (χ0v) is 12.4. The Labute approximate surface area is 128 Å². The van der Waals surface area contributed by atoms with Crippen molar-refractivity contribution in [3.63, 3.8) is 0 Å². The van der Waals surface area contributed by atoms with Gasteiger partial charge in [0, 0.05) is 25.8 Å². The van der Waals surface area contributed by atoms with Gasteiger partial charge in [-0.3, -0.25) is 9.80 Å². The van der Waals surface area contributed by atoms with E-state index in [1.165, 1.54) is 11.2 Å². The lowest BCUT2D eigenvalue weighted by Crippen LogP contribution is -2.70. The average Bonchev–Trinajstić information content (AvgIpc) is 2.56. The average molecular weight is 307 g/mol. The first-order valence-electron chi connectivity index (χ1n) is 7.51. The van der Waals surface area contributed by atoms with E-state index in [4.69, 9.17) is 10.5 Å². The van der Waals surface area contributed by atoms with Crippen molar-refractivity contribution >= 4 is 6.09 Å². The Kier molecular flexibility index (Phi) is 4.23. The summed E-state index contributed by atoms with van der Waals surface area (Å²) in [6.07, 6.45) is 3.62.